The lowest BCUT2D eigenvalue weighted by atomic mass is 10.1. The first-order valence-corrected chi connectivity index (χ1v) is 6.67. The summed E-state index contributed by atoms with van der Waals surface area (Å²) in [6.07, 6.45) is 7.28. The minimum Gasteiger partial charge on any atom is -0.380 e. The van der Waals surface area contributed by atoms with Crippen LogP contribution < -0.4 is 10.2 Å². The molecule has 1 unspecified atom stereocenters. The van der Waals surface area contributed by atoms with Gasteiger partial charge in [-0.3, -0.25) is 4.98 Å². The van der Waals surface area contributed by atoms with E-state index in [1.165, 1.54) is 0 Å². The van der Waals surface area contributed by atoms with Gasteiger partial charge in [-0.25, -0.2) is 4.98 Å². The highest BCUT2D eigenvalue weighted by Gasteiger charge is 2.20. The molecule has 5 nitrogen and oxygen atoms in total. The number of piperidine rings is 1. The molecule has 2 heterocycles. The fraction of sp³-hybridized carbons (Fsp3) is 0.692. The molecule has 0 aromatic carbocycles. The topological polar surface area (TPSA) is 50.3 Å². The maximum Gasteiger partial charge on any atom is 0.149 e. The van der Waals surface area contributed by atoms with Crippen LogP contribution in [0.25, 0.3) is 0 Å². The number of nitrogens with one attached hydrogen (secondary N) is 1. The monoisotopic (exact) mass is 250 g/mol. The van der Waals surface area contributed by atoms with Gasteiger partial charge in [0.1, 0.15) is 11.6 Å². The molecular weight excluding hydrogens is 228 g/mol. The fourth-order valence-corrected chi connectivity index (χ4v) is 2.18. The quantitative estimate of drug-likeness (QED) is 0.865. The van der Waals surface area contributed by atoms with Crippen molar-refractivity contribution in [3.63, 3.8) is 0 Å². The average molecular weight is 250 g/mol. The highest BCUT2D eigenvalue weighted by Crippen LogP contribution is 2.19. The molecule has 1 N–H and O–H groups in total. The summed E-state index contributed by atoms with van der Waals surface area (Å²) < 4.78 is 5.43. The summed E-state index contributed by atoms with van der Waals surface area (Å²) in [4.78, 5) is 11.1. The molecule has 1 fully saturated rings. The van der Waals surface area contributed by atoms with Crippen LogP contribution >= 0.6 is 0 Å². The largest absolute Gasteiger partial charge is 0.380 e. The Bertz CT molecular complexity index is 372. The van der Waals surface area contributed by atoms with E-state index in [4.69, 9.17) is 4.74 Å². The van der Waals surface area contributed by atoms with E-state index in [-0.39, 0.29) is 0 Å². The molecule has 1 aliphatic rings. The molecule has 0 bridgehead atoms. The van der Waals surface area contributed by atoms with E-state index >= 15 is 0 Å². The van der Waals surface area contributed by atoms with Crippen LogP contribution in [0, 0.1) is 0 Å². The summed E-state index contributed by atoms with van der Waals surface area (Å²) in [5.41, 5.74) is 0. The van der Waals surface area contributed by atoms with Crippen molar-refractivity contribution in [1.82, 2.24) is 9.97 Å². The van der Waals surface area contributed by atoms with Crippen molar-refractivity contribution in [3.8, 4) is 0 Å². The second kappa shape index (κ2) is 6.54. The predicted octanol–water partition coefficient (Wildman–Crippen LogP) is 1.91. The molecule has 0 amide bonds. The van der Waals surface area contributed by atoms with Gasteiger partial charge in [0.2, 0.25) is 0 Å². The second-order valence-electron chi connectivity index (χ2n) is 4.64. The Morgan fingerprint density at radius 2 is 2.39 bits per heavy atom. The van der Waals surface area contributed by atoms with Gasteiger partial charge in [0.15, 0.2) is 0 Å². The maximum atomic E-state index is 5.43. The van der Waals surface area contributed by atoms with Crippen LogP contribution in [0.3, 0.4) is 0 Å². The van der Waals surface area contributed by atoms with Gasteiger partial charge < -0.3 is 15.0 Å². The van der Waals surface area contributed by atoms with Crippen molar-refractivity contribution < 1.29 is 4.74 Å². The minimum absolute atomic E-state index is 0.313. The van der Waals surface area contributed by atoms with E-state index in [9.17, 15) is 0 Å². The molecule has 1 atom stereocenters. The molecular formula is C13H22N4O. The van der Waals surface area contributed by atoms with Gasteiger partial charge in [0.25, 0.3) is 0 Å². The Morgan fingerprint density at radius 3 is 3.17 bits per heavy atom. The summed E-state index contributed by atoms with van der Waals surface area (Å²) in [6.45, 7) is 5.01. The van der Waals surface area contributed by atoms with Gasteiger partial charge in [-0.15, -0.1) is 0 Å². The Labute approximate surface area is 109 Å². The number of ether oxygens (including phenoxy) is 1. The minimum atomic E-state index is 0.313. The third kappa shape index (κ3) is 3.32. The van der Waals surface area contributed by atoms with Gasteiger partial charge in [-0.2, -0.15) is 0 Å². The molecule has 0 radical (unpaired) electrons. The summed E-state index contributed by atoms with van der Waals surface area (Å²) in [6, 6.07) is 0. The van der Waals surface area contributed by atoms with Crippen LogP contribution in [0.1, 0.15) is 26.2 Å². The average Bonchev–Trinajstić information content (AvgIpc) is 2.45. The molecule has 100 valence electrons. The summed E-state index contributed by atoms with van der Waals surface area (Å²) >= 11 is 0. The number of aromatic nitrogens is 2. The van der Waals surface area contributed by atoms with Crippen LogP contribution in [0.5, 0.6) is 0 Å². The Morgan fingerprint density at radius 1 is 1.50 bits per heavy atom. The number of anilines is 2. The van der Waals surface area contributed by atoms with Crippen molar-refractivity contribution in [2.24, 2.45) is 0 Å². The van der Waals surface area contributed by atoms with Crippen molar-refractivity contribution in [3.05, 3.63) is 12.4 Å². The van der Waals surface area contributed by atoms with Crippen LogP contribution in [-0.4, -0.2) is 42.8 Å². The summed E-state index contributed by atoms with van der Waals surface area (Å²) in [5, 5.41) is 3.27. The molecule has 18 heavy (non-hydrogen) atoms. The van der Waals surface area contributed by atoms with Gasteiger partial charge in [0.05, 0.1) is 18.5 Å². The molecule has 0 saturated carbocycles. The highest BCUT2D eigenvalue weighted by molar-refractivity contribution is 5.44. The van der Waals surface area contributed by atoms with Crippen molar-refractivity contribution in [1.29, 1.82) is 0 Å². The third-order valence-electron chi connectivity index (χ3n) is 3.21. The second-order valence-corrected chi connectivity index (χ2v) is 4.64. The standard InChI is InChI=1S/C13H22N4O/c1-3-6-15-12-8-14-9-13(16-12)17-7-4-5-11(10-17)18-2/h8-9,11H,3-7,10H2,1-2H3,(H,15,16). The van der Waals surface area contributed by atoms with Gasteiger partial charge in [-0.05, 0) is 19.3 Å². The lowest BCUT2D eigenvalue weighted by Crippen LogP contribution is -2.39. The number of hydrogen-bond acceptors (Lipinski definition) is 5. The van der Waals surface area contributed by atoms with Gasteiger partial charge in [-0.1, -0.05) is 6.92 Å². The Kier molecular flexibility index (Phi) is 4.75. The van der Waals surface area contributed by atoms with Crippen molar-refractivity contribution in [2.45, 2.75) is 32.3 Å². The number of methoxy groups -OCH3 is 1. The van der Waals surface area contributed by atoms with E-state index < -0.39 is 0 Å². The zero-order valence-electron chi connectivity index (χ0n) is 11.2. The maximum absolute atomic E-state index is 5.43. The molecule has 1 aliphatic heterocycles. The van der Waals surface area contributed by atoms with E-state index in [2.05, 4.69) is 27.1 Å². The molecule has 1 aromatic rings. The molecule has 5 heteroatoms. The van der Waals surface area contributed by atoms with Gasteiger partial charge in [0, 0.05) is 26.7 Å². The van der Waals surface area contributed by atoms with Crippen LogP contribution in [0.15, 0.2) is 12.4 Å². The van der Waals surface area contributed by atoms with E-state index in [0.29, 0.717) is 6.10 Å². The SMILES string of the molecule is CCCNc1cncc(N2CCCC(OC)C2)n1. The summed E-state index contributed by atoms with van der Waals surface area (Å²) in [5.74, 6) is 1.80. The first-order chi connectivity index (χ1) is 8.83. The normalized spacial score (nSPS) is 19.9. The van der Waals surface area contributed by atoms with Crippen molar-refractivity contribution in [2.75, 3.05) is 37.0 Å². The highest BCUT2D eigenvalue weighted by atomic mass is 16.5. The Balaban J connectivity index is 2.02. The molecule has 0 aliphatic carbocycles. The smallest absolute Gasteiger partial charge is 0.149 e. The fourth-order valence-electron chi connectivity index (χ4n) is 2.18. The first-order valence-electron chi connectivity index (χ1n) is 6.67. The number of rotatable bonds is 5. The molecule has 1 aromatic heterocycles. The van der Waals surface area contributed by atoms with E-state index in [1.807, 2.05) is 6.20 Å². The molecule has 0 spiro atoms. The third-order valence-corrected chi connectivity index (χ3v) is 3.21. The van der Waals surface area contributed by atoms with E-state index in [1.54, 1.807) is 13.3 Å². The number of hydrogen-bond donors (Lipinski definition) is 1. The molecule has 2 rings (SSSR count). The predicted molar refractivity (Wildman–Crippen MR) is 73.1 cm³/mol. The van der Waals surface area contributed by atoms with Crippen LogP contribution in [-0.2, 0) is 4.74 Å². The zero-order chi connectivity index (χ0) is 12.8. The number of nitrogens with zero attached hydrogens (tertiary/aromatic N) is 3. The van der Waals surface area contributed by atoms with Crippen LogP contribution in [0.4, 0.5) is 11.6 Å². The van der Waals surface area contributed by atoms with Gasteiger partial charge >= 0.3 is 0 Å². The lowest BCUT2D eigenvalue weighted by Gasteiger charge is -2.32. The summed E-state index contributed by atoms with van der Waals surface area (Å²) in [7, 11) is 1.78. The first kappa shape index (κ1) is 13.1. The molecule has 1 saturated heterocycles. The van der Waals surface area contributed by atoms with Crippen molar-refractivity contribution >= 4 is 11.6 Å². The van der Waals surface area contributed by atoms with Crippen LogP contribution in [0.2, 0.25) is 0 Å². The lowest BCUT2D eigenvalue weighted by molar-refractivity contribution is 0.0891. The Hall–Kier alpha value is -1.36. The zero-order valence-corrected chi connectivity index (χ0v) is 11.2. The van der Waals surface area contributed by atoms with E-state index in [0.717, 1.165) is 50.5 Å².